The van der Waals surface area contributed by atoms with Crippen LogP contribution in [0.5, 0.6) is 0 Å². The van der Waals surface area contributed by atoms with Crippen LogP contribution in [0.25, 0.3) is 9.88 Å². The monoisotopic (exact) mass is 433 g/mol. The molecule has 4 nitrogen and oxygen atoms in total. The number of aromatic nitrogens is 1. The molecule has 0 bridgehead atoms. The standard InChI is InChI=1S/C24H23N3OS2/c25-19-11-8-18(9-12-19)15-20(21-16-30-24(27-21)22-7-4-14-29-22)26-23(28)13-10-17-5-2-1-3-6-17/h1-9,11-12,14,16,20H,10,13,15,25H2,(H,26,28)/t20-/m0/s1. The predicted molar refractivity (Wildman–Crippen MR) is 126 cm³/mol. The van der Waals surface area contributed by atoms with Gasteiger partial charge in [0.2, 0.25) is 5.91 Å². The zero-order chi connectivity index (χ0) is 20.8. The maximum Gasteiger partial charge on any atom is 0.220 e. The van der Waals surface area contributed by atoms with E-state index in [-0.39, 0.29) is 11.9 Å². The Morgan fingerprint density at radius 3 is 2.50 bits per heavy atom. The number of benzene rings is 2. The van der Waals surface area contributed by atoms with E-state index in [2.05, 4.69) is 16.8 Å². The Bertz CT molecular complexity index is 1070. The predicted octanol–water partition coefficient (Wildman–Crippen LogP) is 5.49. The molecule has 152 valence electrons. The maximum absolute atomic E-state index is 12.7. The van der Waals surface area contributed by atoms with Gasteiger partial charge in [0.25, 0.3) is 0 Å². The van der Waals surface area contributed by atoms with Gasteiger partial charge in [-0.3, -0.25) is 4.79 Å². The number of hydrogen-bond acceptors (Lipinski definition) is 5. The van der Waals surface area contributed by atoms with Crippen molar-refractivity contribution in [1.82, 2.24) is 10.3 Å². The fraction of sp³-hybridized carbons (Fsp3) is 0.167. The lowest BCUT2D eigenvalue weighted by atomic mass is 10.0. The summed E-state index contributed by atoms with van der Waals surface area (Å²) in [4.78, 5) is 18.7. The van der Waals surface area contributed by atoms with E-state index in [1.807, 2.05) is 66.0 Å². The van der Waals surface area contributed by atoms with E-state index < -0.39 is 0 Å². The van der Waals surface area contributed by atoms with Crippen molar-refractivity contribution in [1.29, 1.82) is 0 Å². The number of nitrogens with one attached hydrogen (secondary N) is 1. The molecule has 30 heavy (non-hydrogen) atoms. The molecule has 0 saturated heterocycles. The van der Waals surface area contributed by atoms with Gasteiger partial charge in [0, 0.05) is 17.5 Å². The number of carbonyl (C=O) groups excluding carboxylic acids is 1. The van der Waals surface area contributed by atoms with Crippen molar-refractivity contribution in [3.05, 3.63) is 94.3 Å². The number of rotatable bonds is 8. The first-order chi connectivity index (χ1) is 14.7. The highest BCUT2D eigenvalue weighted by Crippen LogP contribution is 2.30. The fourth-order valence-electron chi connectivity index (χ4n) is 3.25. The number of amides is 1. The largest absolute Gasteiger partial charge is 0.399 e. The molecule has 1 amide bonds. The van der Waals surface area contributed by atoms with Gasteiger partial charge in [-0.25, -0.2) is 4.98 Å². The molecule has 0 saturated carbocycles. The summed E-state index contributed by atoms with van der Waals surface area (Å²) >= 11 is 3.29. The van der Waals surface area contributed by atoms with Crippen molar-refractivity contribution in [2.24, 2.45) is 0 Å². The van der Waals surface area contributed by atoms with Gasteiger partial charge in [0.1, 0.15) is 5.01 Å². The highest BCUT2D eigenvalue weighted by Gasteiger charge is 2.19. The number of aryl methyl sites for hydroxylation is 1. The summed E-state index contributed by atoms with van der Waals surface area (Å²) < 4.78 is 0. The van der Waals surface area contributed by atoms with Gasteiger partial charge in [-0.1, -0.05) is 48.5 Å². The molecule has 3 N–H and O–H groups in total. The molecular formula is C24H23N3OS2. The molecule has 4 rings (SSSR count). The van der Waals surface area contributed by atoms with Crippen LogP contribution in [0.15, 0.2) is 77.5 Å². The molecule has 1 atom stereocenters. The minimum Gasteiger partial charge on any atom is -0.399 e. The van der Waals surface area contributed by atoms with Gasteiger partial charge in [0.15, 0.2) is 0 Å². The van der Waals surface area contributed by atoms with E-state index in [1.165, 1.54) is 0 Å². The third kappa shape index (κ3) is 5.34. The molecule has 0 unspecified atom stereocenters. The Labute approximate surface area is 184 Å². The summed E-state index contributed by atoms with van der Waals surface area (Å²) in [5.41, 5.74) is 9.73. The van der Waals surface area contributed by atoms with Crippen molar-refractivity contribution in [2.45, 2.75) is 25.3 Å². The number of nitrogen functional groups attached to an aromatic ring is 1. The van der Waals surface area contributed by atoms with E-state index in [0.29, 0.717) is 12.8 Å². The summed E-state index contributed by atoms with van der Waals surface area (Å²) in [5.74, 6) is 0.0324. The van der Waals surface area contributed by atoms with Crippen molar-refractivity contribution in [3.63, 3.8) is 0 Å². The molecule has 0 radical (unpaired) electrons. The number of carbonyl (C=O) groups is 1. The Kier molecular flexibility index (Phi) is 6.57. The molecule has 0 spiro atoms. The second-order valence-corrected chi connectivity index (χ2v) is 8.91. The summed E-state index contributed by atoms with van der Waals surface area (Å²) in [7, 11) is 0. The van der Waals surface area contributed by atoms with Crippen molar-refractivity contribution < 1.29 is 4.79 Å². The van der Waals surface area contributed by atoms with Gasteiger partial charge in [-0.2, -0.15) is 0 Å². The van der Waals surface area contributed by atoms with Crippen molar-refractivity contribution in [2.75, 3.05) is 5.73 Å². The summed E-state index contributed by atoms with van der Waals surface area (Å²) in [6, 6.07) is 21.8. The zero-order valence-corrected chi connectivity index (χ0v) is 18.1. The molecule has 6 heteroatoms. The Morgan fingerprint density at radius 2 is 1.77 bits per heavy atom. The van der Waals surface area contributed by atoms with E-state index in [9.17, 15) is 4.79 Å². The minimum absolute atomic E-state index is 0.0324. The van der Waals surface area contributed by atoms with Crippen LogP contribution in [0, 0.1) is 0 Å². The average Bonchev–Trinajstić information content (AvgIpc) is 3.46. The lowest BCUT2D eigenvalue weighted by Gasteiger charge is -2.17. The molecule has 4 aromatic rings. The van der Waals surface area contributed by atoms with E-state index in [0.717, 1.165) is 38.8 Å². The van der Waals surface area contributed by atoms with Gasteiger partial charge in [0.05, 0.1) is 16.6 Å². The fourth-order valence-corrected chi connectivity index (χ4v) is 4.94. The van der Waals surface area contributed by atoms with Gasteiger partial charge >= 0.3 is 0 Å². The van der Waals surface area contributed by atoms with Crippen LogP contribution in [-0.2, 0) is 17.6 Å². The Balaban J connectivity index is 1.49. The van der Waals surface area contributed by atoms with Gasteiger partial charge in [-0.15, -0.1) is 22.7 Å². The van der Waals surface area contributed by atoms with Crippen LogP contribution in [0.4, 0.5) is 5.69 Å². The second kappa shape index (κ2) is 9.69. The van der Waals surface area contributed by atoms with E-state index in [1.54, 1.807) is 22.7 Å². The molecule has 2 heterocycles. The maximum atomic E-state index is 12.7. The van der Waals surface area contributed by atoms with Gasteiger partial charge in [-0.05, 0) is 47.5 Å². The summed E-state index contributed by atoms with van der Waals surface area (Å²) in [6.07, 6.45) is 1.84. The van der Waals surface area contributed by atoms with Crippen LogP contribution in [0.3, 0.4) is 0 Å². The van der Waals surface area contributed by atoms with Crippen LogP contribution in [0.1, 0.15) is 29.3 Å². The topological polar surface area (TPSA) is 68.0 Å². The smallest absolute Gasteiger partial charge is 0.220 e. The van der Waals surface area contributed by atoms with Crippen LogP contribution < -0.4 is 11.1 Å². The minimum atomic E-state index is -0.179. The first kappa shape index (κ1) is 20.3. The number of thiazole rings is 1. The average molecular weight is 434 g/mol. The SMILES string of the molecule is Nc1ccc(C[C@H](NC(=O)CCc2ccccc2)c2csc(-c3cccs3)n2)cc1. The van der Waals surface area contributed by atoms with Crippen molar-refractivity contribution in [3.8, 4) is 9.88 Å². The Hall–Kier alpha value is -2.96. The summed E-state index contributed by atoms with van der Waals surface area (Å²) in [6.45, 7) is 0. The summed E-state index contributed by atoms with van der Waals surface area (Å²) in [5, 5.41) is 8.29. The number of anilines is 1. The highest BCUT2D eigenvalue weighted by molar-refractivity contribution is 7.20. The first-order valence-corrected chi connectivity index (χ1v) is 11.6. The first-order valence-electron chi connectivity index (χ1n) is 9.84. The molecule has 0 aliphatic rings. The second-order valence-electron chi connectivity index (χ2n) is 7.11. The number of nitrogens with zero attached hydrogens (tertiary/aromatic N) is 1. The molecular weight excluding hydrogens is 410 g/mol. The van der Waals surface area contributed by atoms with Crippen LogP contribution >= 0.6 is 22.7 Å². The van der Waals surface area contributed by atoms with Crippen LogP contribution in [0.2, 0.25) is 0 Å². The lowest BCUT2D eigenvalue weighted by molar-refractivity contribution is -0.121. The molecule has 0 aliphatic carbocycles. The molecule has 2 aromatic heterocycles. The molecule has 2 aromatic carbocycles. The van der Waals surface area contributed by atoms with E-state index >= 15 is 0 Å². The number of nitrogens with two attached hydrogens (primary N) is 1. The van der Waals surface area contributed by atoms with Crippen molar-refractivity contribution >= 4 is 34.3 Å². The number of thiophene rings is 1. The zero-order valence-electron chi connectivity index (χ0n) is 16.5. The Morgan fingerprint density at radius 1 is 0.967 bits per heavy atom. The number of hydrogen-bond donors (Lipinski definition) is 2. The highest BCUT2D eigenvalue weighted by atomic mass is 32.1. The lowest BCUT2D eigenvalue weighted by Crippen LogP contribution is -2.30. The third-order valence-electron chi connectivity index (χ3n) is 4.85. The normalized spacial score (nSPS) is 11.9. The van der Waals surface area contributed by atoms with E-state index in [4.69, 9.17) is 10.7 Å². The molecule has 0 fully saturated rings. The van der Waals surface area contributed by atoms with Gasteiger partial charge < -0.3 is 11.1 Å². The third-order valence-corrected chi connectivity index (χ3v) is 6.75. The molecule has 0 aliphatic heterocycles. The van der Waals surface area contributed by atoms with Crippen LogP contribution in [-0.4, -0.2) is 10.9 Å². The quantitative estimate of drug-likeness (QED) is 0.361.